The summed E-state index contributed by atoms with van der Waals surface area (Å²) in [6.45, 7) is 0. The minimum atomic E-state index is -2.79. The van der Waals surface area contributed by atoms with Gasteiger partial charge in [-0.15, -0.1) is 91.5 Å². The summed E-state index contributed by atoms with van der Waals surface area (Å²) in [5.41, 5.74) is 0. The fourth-order valence-corrected chi connectivity index (χ4v) is 40.5. The van der Waals surface area contributed by atoms with Gasteiger partial charge in [0, 0.05) is 48.8 Å². The highest BCUT2D eigenvalue weighted by Crippen LogP contribution is 2.50. The fraction of sp³-hybridized carbons (Fsp3) is 0.0323. The van der Waals surface area contributed by atoms with Crippen molar-refractivity contribution in [2.45, 2.75) is 8.42 Å². The summed E-state index contributed by atoms with van der Waals surface area (Å²) in [6.07, 6.45) is 4.47. The van der Waals surface area contributed by atoms with Crippen molar-refractivity contribution in [3.05, 3.63) is 218 Å². The van der Waals surface area contributed by atoms with Gasteiger partial charge in [-0.1, -0.05) is 182 Å². The Morgan fingerprint density at radius 2 is 0.438 bits per heavy atom. The highest BCUT2D eigenvalue weighted by molar-refractivity contribution is 8.00. The zero-order valence-electron chi connectivity index (χ0n) is 39.6. The van der Waals surface area contributed by atoms with Crippen LogP contribution in [-0.4, -0.2) is 36.7 Å². The van der Waals surface area contributed by atoms with E-state index in [-0.39, 0.29) is 0 Å². The van der Waals surface area contributed by atoms with E-state index in [9.17, 15) is 0 Å². The quantitative estimate of drug-likeness (QED) is 0.0989. The first-order valence-corrected chi connectivity index (χ1v) is 37.7. The van der Waals surface area contributed by atoms with Crippen molar-refractivity contribution in [2.24, 2.45) is 0 Å². The minimum absolute atomic E-state index is 1.40. The molecule has 0 fully saturated rings. The van der Waals surface area contributed by atoms with Crippen LogP contribution >= 0.6 is 91.5 Å². The van der Waals surface area contributed by atoms with Crippen molar-refractivity contribution in [3.8, 4) is 48.8 Å². The Hall–Kier alpha value is -5.13. The van der Waals surface area contributed by atoms with Crippen molar-refractivity contribution < 1.29 is 0 Å². The van der Waals surface area contributed by atoms with Crippen LogP contribution in [0.1, 0.15) is 0 Å². The molecule has 11 heteroatoms. The molecule has 3 aliphatic rings. The molecular formula is C62H42S8Si3. The second-order valence-electron chi connectivity index (χ2n) is 18.9. The highest BCUT2D eigenvalue weighted by Gasteiger charge is 2.55. The molecule has 0 saturated carbocycles. The molecule has 0 unspecified atom stereocenters. The van der Waals surface area contributed by atoms with Crippen LogP contribution in [0, 0.1) is 0 Å². The van der Waals surface area contributed by atoms with Crippen molar-refractivity contribution in [3.63, 3.8) is 0 Å². The predicted octanol–water partition coefficient (Wildman–Crippen LogP) is 10.9. The number of benzene rings is 6. The number of rotatable bonds is 10. The van der Waals surface area contributed by atoms with Gasteiger partial charge in [-0.25, -0.2) is 0 Å². The van der Waals surface area contributed by atoms with E-state index in [1.807, 2.05) is 68.9 Å². The smallest absolute Gasteiger partial charge is 0.134 e. The zero-order chi connectivity index (χ0) is 48.5. The highest BCUT2D eigenvalue weighted by atomic mass is 32.2. The normalized spacial score (nSPS) is 14.9. The van der Waals surface area contributed by atoms with Gasteiger partial charge >= 0.3 is 0 Å². The third kappa shape index (κ3) is 6.33. The molecule has 12 aromatic rings. The maximum Gasteiger partial charge on any atom is 0.182 e. The van der Waals surface area contributed by atoms with Crippen LogP contribution in [0.2, 0.25) is 0 Å². The zero-order valence-corrected chi connectivity index (χ0v) is 49.1. The first kappa shape index (κ1) is 45.3. The van der Waals surface area contributed by atoms with Gasteiger partial charge in [-0.05, 0) is 111 Å². The second kappa shape index (κ2) is 17.5. The Morgan fingerprint density at radius 1 is 0.247 bits per heavy atom. The van der Waals surface area contributed by atoms with Crippen LogP contribution in [-0.2, 0) is 0 Å². The van der Waals surface area contributed by atoms with Gasteiger partial charge in [0.25, 0.3) is 0 Å². The average Bonchev–Trinajstić information content (AvgIpc) is 4.33. The molecule has 0 saturated heterocycles. The number of thiophene rings is 6. The maximum atomic E-state index is 2.66. The van der Waals surface area contributed by atoms with Gasteiger partial charge in [0.1, 0.15) is 0 Å². The first-order chi connectivity index (χ1) is 36.1. The second-order valence-corrected chi connectivity index (χ2v) is 38.6. The monoisotopic (exact) mass is 1130 g/mol. The molecule has 73 heavy (non-hydrogen) atoms. The third-order valence-corrected chi connectivity index (χ3v) is 40.8. The fourth-order valence-electron chi connectivity index (χ4n) is 12.6. The Kier molecular flexibility index (Phi) is 10.8. The molecule has 15 rings (SSSR count). The van der Waals surface area contributed by atoms with Gasteiger partial charge in [-0.2, -0.15) is 0 Å². The lowest BCUT2D eigenvalue weighted by Crippen LogP contribution is -2.72. The van der Waals surface area contributed by atoms with E-state index in [0.29, 0.717) is 0 Å². The summed E-state index contributed by atoms with van der Waals surface area (Å²) < 4.78 is 2.80. The summed E-state index contributed by atoms with van der Waals surface area (Å²) in [4.78, 5) is 14.4. The lowest BCUT2D eigenvalue weighted by atomic mass is 10.3. The molecule has 0 atom stereocenters. The van der Waals surface area contributed by atoms with Crippen LogP contribution in [0.4, 0.5) is 0 Å². The number of thioether (sulfide) groups is 2. The summed E-state index contributed by atoms with van der Waals surface area (Å²) in [5.74, 6) is 0. The molecule has 9 heterocycles. The van der Waals surface area contributed by atoms with Gasteiger partial charge in [0.05, 0.1) is 8.42 Å². The van der Waals surface area contributed by atoms with Crippen molar-refractivity contribution in [1.82, 2.24) is 0 Å². The molecule has 350 valence electrons. The topological polar surface area (TPSA) is 0 Å². The maximum absolute atomic E-state index is 2.79. The Bertz CT molecular complexity index is 3710. The van der Waals surface area contributed by atoms with E-state index >= 15 is 0 Å². The van der Waals surface area contributed by atoms with Crippen molar-refractivity contribution in [2.75, 3.05) is 12.5 Å². The Morgan fingerprint density at radius 3 is 0.644 bits per heavy atom. The van der Waals surface area contributed by atoms with E-state index < -0.39 is 24.2 Å². The lowest BCUT2D eigenvalue weighted by Gasteiger charge is -2.30. The Labute approximate surface area is 461 Å². The van der Waals surface area contributed by atoms with Crippen LogP contribution in [0.25, 0.3) is 48.8 Å². The van der Waals surface area contributed by atoms with E-state index in [0.717, 1.165) is 0 Å². The van der Waals surface area contributed by atoms with Crippen LogP contribution in [0.5, 0.6) is 0 Å². The number of hydrogen-bond acceptors (Lipinski definition) is 8. The van der Waals surface area contributed by atoms with Crippen molar-refractivity contribution >= 4 is 178 Å². The average molecular weight is 1130 g/mol. The minimum Gasteiger partial charge on any atom is -0.134 e. The Balaban J connectivity index is 0.954. The molecule has 0 aliphatic carbocycles. The number of hydrogen-bond donors (Lipinski definition) is 0. The molecule has 0 N–H and O–H groups in total. The van der Waals surface area contributed by atoms with Crippen LogP contribution in [0.15, 0.2) is 227 Å². The van der Waals surface area contributed by atoms with Gasteiger partial charge in [-0.3, -0.25) is 0 Å². The SMILES string of the molecule is CSc1cc2c(s1)-c1sc(-c3cc4c(s3)-c3sc(-c5cc6c(s5)-c5sc(SC)cc5[Si]6(c5ccccc5)c5ccccc5)cc3[Si]4(c3ccccc3)c3ccccc3)cc1[Si]2(c1ccccc1)c1ccccc1. The standard InChI is InChI=1S/C62H42S8Si3/c1-63-55-37-53-61(69-55)59-51(72(53,41-25-13-5-14-26-41)42-27-15-6-16-28-42)35-47(67-59)45-33-49-57(65-45)58-50(71(49,39-21-9-3-10-22-39)40-23-11-4-12-24-40)34-46(66-58)48-36-52-60(68-48)62-54(38-56(64-2)70-62)73(52,43-29-17-7-18-30-43)44-31-19-8-20-32-44/h3-38H,1-2H3. The molecule has 0 nitrogen and oxygen atoms in total. The van der Waals surface area contributed by atoms with Crippen LogP contribution in [0.3, 0.4) is 0 Å². The molecule has 0 bridgehead atoms. The van der Waals surface area contributed by atoms with E-state index in [4.69, 9.17) is 0 Å². The van der Waals surface area contributed by atoms with Gasteiger partial charge < -0.3 is 0 Å². The molecule has 6 aromatic heterocycles. The van der Waals surface area contributed by atoms with E-state index in [2.05, 4.69) is 254 Å². The van der Waals surface area contributed by atoms with Gasteiger partial charge in [0.2, 0.25) is 0 Å². The third-order valence-electron chi connectivity index (χ3n) is 15.5. The van der Waals surface area contributed by atoms with Crippen molar-refractivity contribution in [1.29, 1.82) is 0 Å². The molecule has 0 spiro atoms. The lowest BCUT2D eigenvalue weighted by molar-refractivity contribution is 1.70. The molecule has 6 aromatic carbocycles. The summed E-state index contributed by atoms with van der Waals surface area (Å²) in [6, 6.07) is 85.0. The summed E-state index contributed by atoms with van der Waals surface area (Å²) in [7, 11) is -8.02. The van der Waals surface area contributed by atoms with E-state index in [1.54, 1.807) is 31.1 Å². The molecule has 3 aliphatic heterocycles. The molecule has 0 radical (unpaired) electrons. The predicted molar refractivity (Wildman–Crippen MR) is 336 cm³/mol. The number of fused-ring (bicyclic) bond motifs is 9. The van der Waals surface area contributed by atoms with E-state index in [1.165, 1.54) is 88.3 Å². The largest absolute Gasteiger partial charge is 0.182 e. The molecule has 0 amide bonds. The molecular weight excluding hydrogens is 1090 g/mol. The first-order valence-electron chi connectivity index (χ1n) is 24.4. The summed E-state index contributed by atoms with van der Waals surface area (Å²) >= 11 is 16.0. The summed E-state index contributed by atoms with van der Waals surface area (Å²) in [5, 5.41) is 18.1. The van der Waals surface area contributed by atoms with Gasteiger partial charge in [0.15, 0.2) is 24.2 Å². The van der Waals surface area contributed by atoms with Crippen LogP contribution < -0.4 is 62.2 Å².